The van der Waals surface area contributed by atoms with Gasteiger partial charge in [0.25, 0.3) is 5.89 Å². The Morgan fingerprint density at radius 1 is 1.13 bits per heavy atom. The molecule has 2 aromatic carbocycles. The van der Waals surface area contributed by atoms with Gasteiger partial charge < -0.3 is 18.8 Å². The van der Waals surface area contributed by atoms with Gasteiger partial charge in [0.2, 0.25) is 5.89 Å². The Hall–Kier alpha value is -4.12. The average molecular weight is 418 g/mol. The molecule has 3 aromatic rings. The van der Waals surface area contributed by atoms with Gasteiger partial charge in [-0.05, 0) is 55.0 Å². The molecule has 158 valence electrons. The van der Waals surface area contributed by atoms with Crippen molar-refractivity contribution in [2.75, 3.05) is 26.1 Å². The summed E-state index contributed by atoms with van der Waals surface area (Å²) in [5, 5.41) is 17.3. The number of nitrogens with zero attached hydrogens (tertiary/aromatic N) is 4. The van der Waals surface area contributed by atoms with Crippen LogP contribution in [-0.4, -0.2) is 37.4 Å². The highest BCUT2D eigenvalue weighted by molar-refractivity contribution is 5.98. The van der Waals surface area contributed by atoms with Gasteiger partial charge in [-0.15, -0.1) is 10.2 Å². The minimum Gasteiger partial charge on any atom is -0.497 e. The third-order valence-electron chi connectivity index (χ3n) is 4.47. The molecule has 0 saturated heterocycles. The summed E-state index contributed by atoms with van der Waals surface area (Å²) in [4.78, 5) is 14.4. The lowest BCUT2D eigenvalue weighted by Crippen LogP contribution is -2.11. The van der Waals surface area contributed by atoms with Crippen LogP contribution in [-0.2, 0) is 9.53 Å². The van der Waals surface area contributed by atoms with Crippen LogP contribution in [0.5, 0.6) is 5.75 Å². The maximum atomic E-state index is 12.5. The Labute approximate surface area is 180 Å². The van der Waals surface area contributed by atoms with E-state index in [1.165, 1.54) is 6.08 Å². The van der Waals surface area contributed by atoms with Gasteiger partial charge in [-0.2, -0.15) is 5.26 Å². The predicted molar refractivity (Wildman–Crippen MR) is 115 cm³/mol. The number of nitriles is 1. The SMILES string of the molecule is COc1ccc(-c2nnc([C@H](C)OC(=O)/C(C#N)=C/c3ccc(N(C)C)cc3)o2)cc1. The Bertz CT molecular complexity index is 1110. The molecule has 0 amide bonds. The fraction of sp³-hybridized carbons (Fsp3) is 0.217. The zero-order valence-corrected chi connectivity index (χ0v) is 17.7. The van der Waals surface area contributed by atoms with Crippen molar-refractivity contribution in [2.45, 2.75) is 13.0 Å². The fourth-order valence-corrected chi connectivity index (χ4v) is 2.70. The number of hydrogen-bond acceptors (Lipinski definition) is 8. The van der Waals surface area contributed by atoms with E-state index in [-0.39, 0.29) is 17.4 Å². The molecule has 0 fully saturated rings. The topological polar surface area (TPSA) is 101 Å². The normalized spacial score (nSPS) is 12.0. The highest BCUT2D eigenvalue weighted by atomic mass is 16.6. The number of ether oxygens (including phenoxy) is 2. The molecule has 8 heteroatoms. The van der Waals surface area contributed by atoms with Crippen LogP contribution < -0.4 is 9.64 Å². The van der Waals surface area contributed by atoms with E-state index in [0.29, 0.717) is 16.9 Å². The van der Waals surface area contributed by atoms with Crippen molar-refractivity contribution in [3.05, 3.63) is 65.6 Å². The highest BCUT2D eigenvalue weighted by Gasteiger charge is 2.21. The van der Waals surface area contributed by atoms with E-state index in [0.717, 1.165) is 5.69 Å². The average Bonchev–Trinajstić information content (AvgIpc) is 3.28. The maximum absolute atomic E-state index is 12.5. The van der Waals surface area contributed by atoms with Gasteiger partial charge in [-0.1, -0.05) is 12.1 Å². The molecule has 1 aromatic heterocycles. The van der Waals surface area contributed by atoms with E-state index in [1.807, 2.05) is 49.3 Å². The van der Waals surface area contributed by atoms with E-state index in [9.17, 15) is 10.1 Å². The molecule has 0 saturated carbocycles. The number of carbonyl (C=O) groups is 1. The number of aromatic nitrogens is 2. The molecule has 0 aliphatic rings. The van der Waals surface area contributed by atoms with Crippen LogP contribution in [0.15, 0.2) is 58.5 Å². The van der Waals surface area contributed by atoms with Crippen LogP contribution in [0.4, 0.5) is 5.69 Å². The number of hydrogen-bond donors (Lipinski definition) is 0. The minimum atomic E-state index is -0.820. The van der Waals surface area contributed by atoms with Gasteiger partial charge in [0, 0.05) is 25.3 Å². The smallest absolute Gasteiger partial charge is 0.349 e. The van der Waals surface area contributed by atoms with E-state index in [1.54, 1.807) is 38.3 Å². The van der Waals surface area contributed by atoms with Gasteiger partial charge in [0.15, 0.2) is 6.10 Å². The molecule has 0 unspecified atom stereocenters. The molecule has 8 nitrogen and oxygen atoms in total. The maximum Gasteiger partial charge on any atom is 0.349 e. The second-order valence-corrected chi connectivity index (χ2v) is 6.88. The van der Waals surface area contributed by atoms with Crippen molar-refractivity contribution < 1.29 is 18.7 Å². The quantitative estimate of drug-likeness (QED) is 0.322. The Kier molecular flexibility index (Phi) is 6.67. The fourth-order valence-electron chi connectivity index (χ4n) is 2.70. The van der Waals surface area contributed by atoms with E-state index < -0.39 is 12.1 Å². The van der Waals surface area contributed by atoms with Crippen LogP contribution in [0, 0.1) is 11.3 Å². The molecule has 0 aliphatic carbocycles. The van der Waals surface area contributed by atoms with E-state index in [2.05, 4.69) is 10.2 Å². The van der Waals surface area contributed by atoms with Crippen LogP contribution >= 0.6 is 0 Å². The van der Waals surface area contributed by atoms with Gasteiger partial charge in [0.05, 0.1) is 7.11 Å². The van der Waals surface area contributed by atoms with Crippen molar-refractivity contribution in [1.29, 1.82) is 5.26 Å². The molecule has 0 radical (unpaired) electrons. The molecule has 0 bridgehead atoms. The number of methoxy groups -OCH3 is 1. The van der Waals surface area contributed by atoms with Crippen molar-refractivity contribution in [1.82, 2.24) is 10.2 Å². The Morgan fingerprint density at radius 3 is 2.39 bits per heavy atom. The summed E-state index contributed by atoms with van der Waals surface area (Å²) in [7, 11) is 5.45. The van der Waals surface area contributed by atoms with E-state index >= 15 is 0 Å². The second kappa shape index (κ2) is 9.59. The first-order chi connectivity index (χ1) is 14.9. The molecule has 1 heterocycles. The van der Waals surface area contributed by atoms with Crippen LogP contribution in [0.3, 0.4) is 0 Å². The Morgan fingerprint density at radius 2 is 1.81 bits per heavy atom. The molecule has 1 atom stereocenters. The summed E-state index contributed by atoms with van der Waals surface area (Å²) in [5.74, 6) is 0.359. The standard InChI is InChI=1S/C23H22N4O4/c1-15(21-25-26-22(31-21)17-7-11-20(29-4)12-8-17)30-23(28)18(14-24)13-16-5-9-19(10-6-16)27(2)3/h5-13,15H,1-4H3/b18-13+/t15-/m0/s1. The van der Waals surface area contributed by atoms with Crippen molar-refractivity contribution in [3.8, 4) is 23.3 Å². The monoisotopic (exact) mass is 418 g/mol. The van der Waals surface area contributed by atoms with Crippen molar-refractivity contribution >= 4 is 17.7 Å². The summed E-state index contributed by atoms with van der Waals surface area (Å²) < 4.78 is 16.1. The molecular formula is C23H22N4O4. The number of rotatable bonds is 7. The lowest BCUT2D eigenvalue weighted by Gasteiger charge is -2.12. The molecule has 0 N–H and O–H groups in total. The lowest BCUT2D eigenvalue weighted by atomic mass is 10.1. The van der Waals surface area contributed by atoms with Gasteiger partial charge in [0.1, 0.15) is 17.4 Å². The summed E-state index contributed by atoms with van der Waals surface area (Å²) in [6.45, 7) is 1.60. The van der Waals surface area contributed by atoms with Gasteiger partial charge >= 0.3 is 5.97 Å². The predicted octanol–water partition coefficient (Wildman–Crippen LogP) is 4.02. The summed E-state index contributed by atoms with van der Waals surface area (Å²) in [6.07, 6.45) is 0.658. The molecule has 0 spiro atoms. The van der Waals surface area contributed by atoms with Crippen LogP contribution in [0.1, 0.15) is 24.5 Å². The van der Waals surface area contributed by atoms with Gasteiger partial charge in [-0.25, -0.2) is 4.79 Å². The number of carbonyl (C=O) groups excluding carboxylic acids is 1. The molecule has 31 heavy (non-hydrogen) atoms. The van der Waals surface area contributed by atoms with Crippen LogP contribution in [0.25, 0.3) is 17.5 Å². The summed E-state index contributed by atoms with van der Waals surface area (Å²) in [5.41, 5.74) is 2.30. The third-order valence-corrected chi connectivity index (χ3v) is 4.47. The minimum absolute atomic E-state index is 0.126. The number of benzene rings is 2. The lowest BCUT2D eigenvalue weighted by molar-refractivity contribution is -0.144. The zero-order chi connectivity index (χ0) is 22.4. The van der Waals surface area contributed by atoms with E-state index in [4.69, 9.17) is 13.9 Å². The molecule has 3 rings (SSSR count). The van der Waals surface area contributed by atoms with Gasteiger partial charge in [-0.3, -0.25) is 0 Å². The first kappa shape index (κ1) is 21.6. The largest absolute Gasteiger partial charge is 0.497 e. The third kappa shape index (κ3) is 5.28. The summed E-state index contributed by atoms with van der Waals surface area (Å²) >= 11 is 0. The first-order valence-corrected chi connectivity index (χ1v) is 9.49. The number of esters is 1. The first-order valence-electron chi connectivity index (χ1n) is 9.49. The molecular weight excluding hydrogens is 396 g/mol. The van der Waals surface area contributed by atoms with Crippen LogP contribution in [0.2, 0.25) is 0 Å². The summed E-state index contributed by atoms with van der Waals surface area (Å²) in [6, 6.07) is 16.4. The second-order valence-electron chi connectivity index (χ2n) is 6.88. The zero-order valence-electron chi connectivity index (χ0n) is 17.7. The Balaban J connectivity index is 1.70. The van der Waals surface area contributed by atoms with Crippen molar-refractivity contribution in [3.63, 3.8) is 0 Å². The highest BCUT2D eigenvalue weighted by Crippen LogP contribution is 2.25. The number of anilines is 1. The van der Waals surface area contributed by atoms with Crippen molar-refractivity contribution in [2.24, 2.45) is 0 Å². The molecule has 0 aliphatic heterocycles.